The highest BCUT2D eigenvalue weighted by Crippen LogP contribution is 2.32. The number of nitrogens with zero attached hydrogens (tertiary/aromatic N) is 2. The molecule has 0 unspecified atom stereocenters. The molecule has 27 heavy (non-hydrogen) atoms. The number of amides is 1. The van der Waals surface area contributed by atoms with E-state index in [9.17, 15) is 22.4 Å². The molecule has 1 N–H and O–H groups in total. The van der Waals surface area contributed by atoms with E-state index in [1.165, 1.54) is 19.2 Å². The second kappa shape index (κ2) is 6.86. The van der Waals surface area contributed by atoms with Crippen LogP contribution < -0.4 is 5.32 Å². The van der Waals surface area contributed by atoms with Crippen LogP contribution >= 0.6 is 0 Å². The molecule has 3 aromatic rings. The van der Waals surface area contributed by atoms with Crippen molar-refractivity contribution in [1.29, 1.82) is 0 Å². The van der Waals surface area contributed by atoms with Crippen molar-refractivity contribution in [2.45, 2.75) is 13.1 Å². The van der Waals surface area contributed by atoms with E-state index in [1.54, 1.807) is 31.2 Å². The normalized spacial score (nSPS) is 11.5. The fraction of sp³-hybridized carbons (Fsp3) is 0.158. The zero-order valence-electron chi connectivity index (χ0n) is 14.4. The molecule has 1 amide bonds. The van der Waals surface area contributed by atoms with Gasteiger partial charge < -0.3 is 5.32 Å². The first-order valence-electron chi connectivity index (χ1n) is 7.95. The van der Waals surface area contributed by atoms with E-state index in [0.29, 0.717) is 5.56 Å². The second-order valence-electron chi connectivity index (χ2n) is 6.00. The quantitative estimate of drug-likeness (QED) is 0.666. The van der Waals surface area contributed by atoms with Crippen molar-refractivity contribution in [3.05, 3.63) is 71.2 Å². The van der Waals surface area contributed by atoms with Gasteiger partial charge in [0.25, 0.3) is 5.91 Å². The highest BCUT2D eigenvalue weighted by atomic mass is 19.4. The minimum absolute atomic E-state index is 0.0170. The Morgan fingerprint density at radius 1 is 1.11 bits per heavy atom. The van der Waals surface area contributed by atoms with Crippen molar-refractivity contribution < 1.29 is 22.4 Å². The number of halogens is 4. The first kappa shape index (κ1) is 18.6. The maximum atomic E-state index is 14.5. The molecule has 0 aliphatic carbocycles. The Kier molecular flexibility index (Phi) is 4.73. The van der Waals surface area contributed by atoms with Gasteiger partial charge in [-0.2, -0.15) is 18.3 Å². The van der Waals surface area contributed by atoms with Crippen molar-refractivity contribution in [3.63, 3.8) is 0 Å². The number of benzene rings is 2. The summed E-state index contributed by atoms with van der Waals surface area (Å²) >= 11 is 0. The van der Waals surface area contributed by atoms with Crippen LogP contribution in [0.15, 0.2) is 48.5 Å². The highest BCUT2D eigenvalue weighted by Gasteiger charge is 2.35. The molecule has 0 aliphatic heterocycles. The van der Waals surface area contributed by atoms with Crippen LogP contribution in [0.2, 0.25) is 0 Å². The maximum absolute atomic E-state index is 14.5. The van der Waals surface area contributed by atoms with Crippen molar-refractivity contribution in [2.24, 2.45) is 7.05 Å². The van der Waals surface area contributed by atoms with Gasteiger partial charge in [-0.05, 0) is 42.8 Å². The average molecular weight is 377 g/mol. The molecule has 0 saturated carbocycles. The van der Waals surface area contributed by atoms with Gasteiger partial charge in [0.2, 0.25) is 0 Å². The molecule has 3 rings (SSSR count). The lowest BCUT2D eigenvalue weighted by Crippen LogP contribution is -2.13. The molecule has 0 atom stereocenters. The van der Waals surface area contributed by atoms with Crippen LogP contribution in [0.1, 0.15) is 21.6 Å². The Labute approximate surface area is 152 Å². The van der Waals surface area contributed by atoms with Gasteiger partial charge in [-0.1, -0.05) is 18.2 Å². The molecule has 1 heterocycles. The molecule has 8 heteroatoms. The summed E-state index contributed by atoms with van der Waals surface area (Å²) in [6.45, 7) is 1.78. The van der Waals surface area contributed by atoms with E-state index in [4.69, 9.17) is 0 Å². The SMILES string of the molecule is Cc1ccccc1C(=O)Nc1ccc(-c2cc(C(F)(F)F)nn2C)c(F)c1. The average Bonchev–Trinajstić information content (AvgIpc) is 2.97. The van der Waals surface area contributed by atoms with E-state index < -0.39 is 23.6 Å². The van der Waals surface area contributed by atoms with Crippen molar-refractivity contribution >= 4 is 11.6 Å². The number of aromatic nitrogens is 2. The fourth-order valence-electron chi connectivity index (χ4n) is 2.68. The summed E-state index contributed by atoms with van der Waals surface area (Å²) in [6, 6.07) is 11.5. The zero-order valence-corrected chi connectivity index (χ0v) is 14.4. The molecule has 140 valence electrons. The first-order chi connectivity index (χ1) is 12.7. The number of alkyl halides is 3. The third-order valence-electron chi connectivity index (χ3n) is 4.06. The molecule has 0 saturated heterocycles. The van der Waals surface area contributed by atoms with E-state index >= 15 is 0 Å². The number of hydrogen-bond acceptors (Lipinski definition) is 2. The Morgan fingerprint density at radius 3 is 2.41 bits per heavy atom. The number of hydrogen-bond donors (Lipinski definition) is 1. The number of anilines is 1. The third-order valence-corrected chi connectivity index (χ3v) is 4.06. The lowest BCUT2D eigenvalue weighted by Gasteiger charge is -2.09. The molecule has 0 radical (unpaired) electrons. The summed E-state index contributed by atoms with van der Waals surface area (Å²) in [5.41, 5.74) is 0.245. The molecule has 0 aliphatic rings. The van der Waals surface area contributed by atoms with Gasteiger partial charge in [0, 0.05) is 23.9 Å². The first-order valence-corrected chi connectivity index (χ1v) is 7.95. The molecule has 1 aromatic heterocycles. The molecule has 0 bridgehead atoms. The van der Waals surface area contributed by atoms with Gasteiger partial charge in [0.1, 0.15) is 5.82 Å². The lowest BCUT2D eigenvalue weighted by atomic mass is 10.1. The number of carbonyl (C=O) groups excluding carboxylic acids is 1. The Balaban J connectivity index is 1.88. The van der Waals surface area contributed by atoms with Crippen molar-refractivity contribution in [3.8, 4) is 11.3 Å². The fourth-order valence-corrected chi connectivity index (χ4v) is 2.68. The van der Waals surface area contributed by atoms with E-state index in [0.717, 1.165) is 22.4 Å². The number of rotatable bonds is 3. The van der Waals surface area contributed by atoms with Crippen molar-refractivity contribution in [2.75, 3.05) is 5.32 Å². The Hall–Kier alpha value is -3.16. The standard InChI is InChI=1S/C19H15F4N3O/c1-11-5-3-4-6-13(11)18(27)24-12-7-8-14(15(20)9-12)16-10-17(19(21,22)23)25-26(16)2/h3-10H,1-2H3,(H,24,27). The monoisotopic (exact) mass is 377 g/mol. The van der Waals surface area contributed by atoms with Gasteiger partial charge in [-0.3, -0.25) is 9.48 Å². The van der Waals surface area contributed by atoms with Gasteiger partial charge in [0.05, 0.1) is 5.69 Å². The minimum Gasteiger partial charge on any atom is -0.322 e. The number of aryl methyl sites for hydroxylation is 2. The van der Waals surface area contributed by atoms with Crippen LogP contribution in [0.5, 0.6) is 0 Å². The van der Waals surface area contributed by atoms with Gasteiger partial charge in [-0.15, -0.1) is 0 Å². The molecular formula is C19H15F4N3O. The third kappa shape index (κ3) is 3.84. The van der Waals surface area contributed by atoms with Crippen LogP contribution in [-0.4, -0.2) is 15.7 Å². The lowest BCUT2D eigenvalue weighted by molar-refractivity contribution is -0.141. The van der Waals surface area contributed by atoms with Gasteiger partial charge >= 0.3 is 6.18 Å². The molecule has 0 spiro atoms. The van der Waals surface area contributed by atoms with Crippen LogP contribution in [0.3, 0.4) is 0 Å². The van der Waals surface area contributed by atoms with E-state index in [1.807, 2.05) is 0 Å². The molecule has 0 fully saturated rings. The predicted octanol–water partition coefficient (Wildman–Crippen LogP) is 4.81. The number of nitrogens with one attached hydrogen (secondary N) is 1. The molecule has 4 nitrogen and oxygen atoms in total. The van der Waals surface area contributed by atoms with Crippen LogP contribution in [0.4, 0.5) is 23.2 Å². The smallest absolute Gasteiger partial charge is 0.322 e. The predicted molar refractivity (Wildman–Crippen MR) is 92.7 cm³/mol. The van der Waals surface area contributed by atoms with Gasteiger partial charge in [0.15, 0.2) is 5.69 Å². The largest absolute Gasteiger partial charge is 0.435 e. The van der Waals surface area contributed by atoms with Crippen LogP contribution in [0.25, 0.3) is 11.3 Å². The Morgan fingerprint density at radius 2 is 1.81 bits per heavy atom. The Bertz CT molecular complexity index is 1010. The minimum atomic E-state index is -4.62. The molecule has 2 aromatic carbocycles. The summed E-state index contributed by atoms with van der Waals surface area (Å²) in [5.74, 6) is -1.17. The second-order valence-corrected chi connectivity index (χ2v) is 6.00. The summed E-state index contributed by atoms with van der Waals surface area (Å²) < 4.78 is 53.8. The van der Waals surface area contributed by atoms with Crippen molar-refractivity contribution in [1.82, 2.24) is 9.78 Å². The van der Waals surface area contributed by atoms with Crippen LogP contribution in [-0.2, 0) is 13.2 Å². The van der Waals surface area contributed by atoms with Crippen LogP contribution in [0, 0.1) is 12.7 Å². The maximum Gasteiger partial charge on any atom is 0.435 e. The summed E-state index contributed by atoms with van der Waals surface area (Å²) in [4.78, 5) is 12.3. The van der Waals surface area contributed by atoms with Gasteiger partial charge in [-0.25, -0.2) is 4.39 Å². The van der Waals surface area contributed by atoms with E-state index in [-0.39, 0.29) is 16.9 Å². The zero-order chi connectivity index (χ0) is 19.8. The molecular weight excluding hydrogens is 362 g/mol. The summed E-state index contributed by atoms with van der Waals surface area (Å²) in [5, 5.41) is 5.96. The number of carbonyl (C=O) groups is 1. The summed E-state index contributed by atoms with van der Waals surface area (Å²) in [7, 11) is 1.30. The summed E-state index contributed by atoms with van der Waals surface area (Å²) in [6.07, 6.45) is -4.62. The van der Waals surface area contributed by atoms with E-state index in [2.05, 4.69) is 10.4 Å². The topological polar surface area (TPSA) is 46.9 Å². The highest BCUT2D eigenvalue weighted by molar-refractivity contribution is 6.05.